The van der Waals surface area contributed by atoms with Crippen LogP contribution in [0.15, 0.2) is 186 Å². The molecular formula is C54H35N3O. The van der Waals surface area contributed by atoms with Crippen LogP contribution in [0.3, 0.4) is 0 Å². The Hall–Kier alpha value is -7.56. The minimum Gasteiger partial charge on any atom is -0.456 e. The van der Waals surface area contributed by atoms with Crippen LogP contribution in [0, 0.1) is 0 Å². The molecule has 0 fully saturated rings. The molecule has 58 heavy (non-hydrogen) atoms. The van der Waals surface area contributed by atoms with Crippen LogP contribution < -0.4 is 0 Å². The Morgan fingerprint density at radius 2 is 0.845 bits per heavy atom. The van der Waals surface area contributed by atoms with Gasteiger partial charge in [-0.3, -0.25) is 0 Å². The summed E-state index contributed by atoms with van der Waals surface area (Å²) in [6, 6.07) is 64.3. The van der Waals surface area contributed by atoms with E-state index < -0.39 is 0 Å². The van der Waals surface area contributed by atoms with Crippen molar-refractivity contribution in [3.8, 4) is 28.2 Å². The fourth-order valence-electron chi connectivity index (χ4n) is 9.97. The lowest BCUT2D eigenvalue weighted by atomic mass is 10.0. The largest absolute Gasteiger partial charge is 0.456 e. The fourth-order valence-corrected chi connectivity index (χ4v) is 9.97. The molecule has 13 rings (SSSR count). The molecule has 0 bridgehead atoms. The Labute approximate surface area is 333 Å². The lowest BCUT2D eigenvalue weighted by Gasteiger charge is -2.18. The summed E-state index contributed by atoms with van der Waals surface area (Å²) in [5, 5.41) is 8.52. The van der Waals surface area contributed by atoms with Crippen molar-refractivity contribution in [2.45, 2.75) is 12.8 Å². The van der Waals surface area contributed by atoms with E-state index in [9.17, 15) is 0 Å². The number of furan rings is 1. The Balaban J connectivity index is 1.07. The first-order valence-corrected chi connectivity index (χ1v) is 20.1. The highest BCUT2D eigenvalue weighted by molar-refractivity contribution is 6.12. The zero-order valence-electron chi connectivity index (χ0n) is 31.6. The molecule has 4 heteroatoms. The maximum atomic E-state index is 6.54. The van der Waals surface area contributed by atoms with Crippen LogP contribution in [0.2, 0.25) is 0 Å². The molecule has 0 saturated carbocycles. The molecule has 0 radical (unpaired) electrons. The second-order valence-electron chi connectivity index (χ2n) is 15.6. The third-order valence-electron chi connectivity index (χ3n) is 12.5. The zero-order valence-corrected chi connectivity index (χ0v) is 31.6. The molecule has 1 aliphatic carbocycles. The Morgan fingerprint density at radius 1 is 0.362 bits per heavy atom. The van der Waals surface area contributed by atoms with Gasteiger partial charge in [0.1, 0.15) is 11.2 Å². The summed E-state index contributed by atoms with van der Waals surface area (Å²) in [5.74, 6) is 0. The number of nitrogens with zero attached hydrogens (tertiary/aromatic N) is 3. The summed E-state index contributed by atoms with van der Waals surface area (Å²) in [6.45, 7) is 0. The van der Waals surface area contributed by atoms with Crippen molar-refractivity contribution >= 4 is 82.5 Å². The predicted molar refractivity (Wildman–Crippen MR) is 242 cm³/mol. The molecule has 0 N–H and O–H groups in total. The van der Waals surface area contributed by atoms with Crippen molar-refractivity contribution in [2.75, 3.05) is 0 Å². The van der Waals surface area contributed by atoms with Crippen LogP contribution in [-0.4, -0.2) is 13.7 Å². The van der Waals surface area contributed by atoms with Crippen LogP contribution in [0.25, 0.3) is 111 Å². The van der Waals surface area contributed by atoms with Crippen LogP contribution in [0.1, 0.15) is 17.7 Å². The maximum Gasteiger partial charge on any atom is 0.135 e. The molecule has 272 valence electrons. The smallest absolute Gasteiger partial charge is 0.135 e. The second kappa shape index (κ2) is 12.0. The lowest BCUT2D eigenvalue weighted by Crippen LogP contribution is -2.05. The molecule has 0 saturated heterocycles. The van der Waals surface area contributed by atoms with E-state index in [2.05, 4.69) is 202 Å². The zero-order chi connectivity index (χ0) is 37.9. The molecule has 12 aromatic rings. The van der Waals surface area contributed by atoms with Gasteiger partial charge in [0.2, 0.25) is 0 Å². The maximum absolute atomic E-state index is 6.54. The molecule has 4 heterocycles. The third kappa shape index (κ3) is 4.45. The number of hydrogen-bond donors (Lipinski definition) is 0. The van der Waals surface area contributed by atoms with Gasteiger partial charge < -0.3 is 18.1 Å². The molecule has 0 spiro atoms. The second-order valence-corrected chi connectivity index (χ2v) is 15.6. The van der Waals surface area contributed by atoms with Gasteiger partial charge in [0.05, 0.1) is 27.6 Å². The van der Waals surface area contributed by atoms with Crippen molar-refractivity contribution < 1.29 is 4.42 Å². The molecule has 1 aliphatic rings. The van der Waals surface area contributed by atoms with Crippen molar-refractivity contribution in [3.63, 3.8) is 0 Å². The van der Waals surface area contributed by atoms with E-state index >= 15 is 0 Å². The topological polar surface area (TPSA) is 27.9 Å². The average molecular weight is 742 g/mol. The highest BCUT2D eigenvalue weighted by Gasteiger charge is 2.21. The Bertz CT molecular complexity index is 3590. The minimum absolute atomic E-state index is 0.883. The van der Waals surface area contributed by atoms with Crippen molar-refractivity contribution in [1.29, 1.82) is 0 Å². The monoisotopic (exact) mass is 741 g/mol. The first kappa shape index (κ1) is 31.6. The summed E-state index contributed by atoms with van der Waals surface area (Å²) < 4.78 is 13.9. The van der Waals surface area contributed by atoms with E-state index in [1.807, 2.05) is 0 Å². The Kier molecular flexibility index (Phi) is 6.53. The number of hydrogen-bond acceptors (Lipinski definition) is 1. The van der Waals surface area contributed by atoms with Crippen LogP contribution in [-0.2, 0) is 6.42 Å². The molecule has 8 aromatic carbocycles. The Morgan fingerprint density at radius 3 is 1.45 bits per heavy atom. The number of para-hydroxylation sites is 5. The van der Waals surface area contributed by atoms with E-state index in [0.29, 0.717) is 0 Å². The van der Waals surface area contributed by atoms with Gasteiger partial charge in [-0.05, 0) is 103 Å². The summed E-state index contributed by atoms with van der Waals surface area (Å²) in [7, 11) is 0. The standard InChI is InChI=1S/C54H35N3O/c1-7-19-47-39(13-1)40-14-2-8-20-48(40)55(47)36-26-28-54-46(33-36)45-31-34(25-27-53(45)58-54)35-29-37(56-49-21-9-3-15-41(49)42-16-4-10-22-50(42)56)32-38(30-35)57-51-23-11-5-17-43(51)44-18-6-12-24-52(44)57/h1-11,13-23,25-33H,12,24H2. The summed E-state index contributed by atoms with van der Waals surface area (Å²) in [6.07, 6.45) is 6.66. The van der Waals surface area contributed by atoms with Gasteiger partial charge in [0.15, 0.2) is 0 Å². The molecule has 0 unspecified atom stereocenters. The SMILES string of the molecule is C1=Cc2c(n(-c3cc(-c4ccc5oc6ccc(-n7c8ccccc8c8ccccc87)cc6c5c4)cc(-n4c5ccccc5c5ccccc54)c3)c3ccccc23)CC1. The van der Waals surface area contributed by atoms with Gasteiger partial charge in [-0.15, -0.1) is 0 Å². The quantitative estimate of drug-likeness (QED) is 0.176. The third-order valence-corrected chi connectivity index (χ3v) is 12.5. The average Bonchev–Trinajstić information content (AvgIpc) is 4.02. The minimum atomic E-state index is 0.883. The normalized spacial score (nSPS) is 13.0. The van der Waals surface area contributed by atoms with Crippen LogP contribution in [0.5, 0.6) is 0 Å². The van der Waals surface area contributed by atoms with E-state index in [1.54, 1.807) is 0 Å². The fraction of sp³-hybridized carbons (Fsp3) is 0.0370. The van der Waals surface area contributed by atoms with Crippen molar-refractivity contribution in [3.05, 3.63) is 193 Å². The molecular weight excluding hydrogens is 707 g/mol. The van der Waals surface area contributed by atoms with E-state index in [-0.39, 0.29) is 0 Å². The van der Waals surface area contributed by atoms with Gasteiger partial charge in [-0.25, -0.2) is 0 Å². The lowest BCUT2D eigenvalue weighted by molar-refractivity contribution is 0.669. The number of benzene rings is 8. The highest BCUT2D eigenvalue weighted by Crippen LogP contribution is 2.41. The molecule has 4 aromatic heterocycles. The summed E-state index contributed by atoms with van der Waals surface area (Å²) in [4.78, 5) is 0. The van der Waals surface area contributed by atoms with Gasteiger partial charge in [-0.2, -0.15) is 0 Å². The number of rotatable bonds is 4. The van der Waals surface area contributed by atoms with Crippen LogP contribution in [0.4, 0.5) is 0 Å². The predicted octanol–water partition coefficient (Wildman–Crippen LogP) is 14.4. The van der Waals surface area contributed by atoms with Crippen molar-refractivity contribution in [2.24, 2.45) is 0 Å². The summed E-state index contributed by atoms with van der Waals surface area (Å²) >= 11 is 0. The molecule has 4 nitrogen and oxygen atoms in total. The highest BCUT2D eigenvalue weighted by atomic mass is 16.3. The summed E-state index contributed by atoms with van der Waals surface area (Å²) in [5.41, 5.74) is 16.2. The number of aromatic nitrogens is 3. The molecule has 0 amide bonds. The first-order valence-electron chi connectivity index (χ1n) is 20.1. The van der Waals surface area contributed by atoms with Crippen LogP contribution >= 0.6 is 0 Å². The van der Waals surface area contributed by atoms with E-state index in [1.165, 1.54) is 65.8 Å². The van der Waals surface area contributed by atoms with Gasteiger partial charge in [-0.1, -0.05) is 109 Å². The number of fused-ring (bicyclic) bond motifs is 12. The molecule has 0 aliphatic heterocycles. The van der Waals surface area contributed by atoms with E-state index in [0.717, 1.165) is 63.0 Å². The van der Waals surface area contributed by atoms with Gasteiger partial charge >= 0.3 is 0 Å². The number of allylic oxidation sites excluding steroid dienone is 1. The first-order chi connectivity index (χ1) is 28.8. The van der Waals surface area contributed by atoms with Gasteiger partial charge in [0, 0.05) is 66.0 Å². The van der Waals surface area contributed by atoms with Crippen molar-refractivity contribution in [1.82, 2.24) is 13.7 Å². The molecule has 0 atom stereocenters. The van der Waals surface area contributed by atoms with E-state index in [4.69, 9.17) is 4.42 Å². The van der Waals surface area contributed by atoms with Gasteiger partial charge in [0.25, 0.3) is 0 Å².